The number of fused-ring (bicyclic) bond motifs is 3. The van der Waals surface area contributed by atoms with Crippen molar-refractivity contribution in [3.8, 4) is 11.1 Å². The van der Waals surface area contributed by atoms with Crippen LogP contribution in [0.2, 0.25) is 0 Å². The predicted octanol–water partition coefficient (Wildman–Crippen LogP) is 8.37. The Morgan fingerprint density at radius 2 is 1.33 bits per heavy atom. The highest BCUT2D eigenvalue weighted by Crippen LogP contribution is 2.36. The Morgan fingerprint density at radius 3 is 2.03 bits per heavy atom. The van der Waals surface area contributed by atoms with Gasteiger partial charge >= 0.3 is 0 Å². The van der Waals surface area contributed by atoms with E-state index in [2.05, 4.69) is 72.8 Å². The molecule has 3 aromatic rings. The number of Topliss-reactive ketones (excluding diaryl/α,β-unsaturated/α-hetero) is 1. The lowest BCUT2D eigenvalue weighted by atomic mass is 9.99. The largest absolute Gasteiger partial charge is 0.299 e. The maximum absolute atomic E-state index is 10.6. The third kappa shape index (κ3) is 6.90. The molecule has 2 aliphatic rings. The van der Waals surface area contributed by atoms with Crippen molar-refractivity contribution in [3.63, 3.8) is 0 Å². The van der Waals surface area contributed by atoms with Crippen LogP contribution in [-0.4, -0.2) is 5.78 Å². The van der Waals surface area contributed by atoms with Gasteiger partial charge in [0.25, 0.3) is 0 Å². The number of hydrogen-bond acceptors (Lipinski definition) is 1. The monoisotopic (exact) mass is 438 g/mol. The maximum atomic E-state index is 10.6. The Bertz CT molecular complexity index is 1030. The highest BCUT2D eigenvalue weighted by atomic mass is 16.1. The van der Waals surface area contributed by atoms with E-state index in [4.69, 9.17) is 0 Å². The fraction of sp³-hybridized carbons (Fsp3) is 0.406. The van der Waals surface area contributed by atoms with E-state index in [0.29, 0.717) is 11.7 Å². The molecule has 0 heterocycles. The molecule has 1 fully saturated rings. The number of aryl methyl sites for hydroxylation is 2. The Hall–Kier alpha value is -2.67. The highest BCUT2D eigenvalue weighted by Gasteiger charge is 2.27. The van der Waals surface area contributed by atoms with Gasteiger partial charge in [-0.1, -0.05) is 99.0 Å². The van der Waals surface area contributed by atoms with Crippen LogP contribution >= 0.6 is 0 Å². The second-order valence-electron chi connectivity index (χ2n) is 9.67. The molecular formula is C32H38O. The van der Waals surface area contributed by atoms with Crippen LogP contribution in [0.3, 0.4) is 0 Å². The molecule has 0 radical (unpaired) electrons. The van der Waals surface area contributed by atoms with E-state index in [1.807, 2.05) is 6.92 Å². The lowest BCUT2D eigenvalue weighted by Crippen LogP contribution is -1.95. The third-order valence-electron chi connectivity index (χ3n) is 7.01. The number of carbonyl (C=O) groups is 1. The summed E-state index contributed by atoms with van der Waals surface area (Å²) in [5.74, 6) is 0.935. The Morgan fingerprint density at radius 1 is 0.697 bits per heavy atom. The molecule has 0 bridgehead atoms. The van der Waals surface area contributed by atoms with Gasteiger partial charge in [0.1, 0.15) is 5.78 Å². The third-order valence-corrected chi connectivity index (χ3v) is 7.01. The predicted molar refractivity (Wildman–Crippen MR) is 140 cm³/mol. The van der Waals surface area contributed by atoms with Crippen molar-refractivity contribution in [2.75, 3.05) is 0 Å². The minimum Gasteiger partial charge on any atom is -0.299 e. The summed E-state index contributed by atoms with van der Waals surface area (Å²) in [6, 6.07) is 26.8. The SMILES string of the molecule is CCC(=O)C1CC1.c1ccc(CCCCCCCc2ccc3c(c2)Cc2ccccc2-3)cc1. The van der Waals surface area contributed by atoms with Gasteiger partial charge in [-0.3, -0.25) is 4.79 Å². The molecule has 1 nitrogen and oxygen atoms in total. The van der Waals surface area contributed by atoms with Crippen molar-refractivity contribution >= 4 is 5.78 Å². The fourth-order valence-corrected chi connectivity index (χ4v) is 4.88. The summed E-state index contributed by atoms with van der Waals surface area (Å²) >= 11 is 0. The zero-order valence-corrected chi connectivity index (χ0v) is 20.2. The normalized spacial score (nSPS) is 13.6. The quantitative estimate of drug-likeness (QED) is 0.227. The van der Waals surface area contributed by atoms with Crippen LogP contribution in [0.25, 0.3) is 11.1 Å². The lowest BCUT2D eigenvalue weighted by molar-refractivity contribution is -0.119. The summed E-state index contributed by atoms with van der Waals surface area (Å²) in [5.41, 5.74) is 8.88. The van der Waals surface area contributed by atoms with E-state index >= 15 is 0 Å². The molecule has 1 saturated carbocycles. The first-order valence-corrected chi connectivity index (χ1v) is 13.0. The number of hydrogen-bond donors (Lipinski definition) is 0. The molecule has 5 rings (SSSR count). The molecule has 0 aromatic heterocycles. The Balaban J connectivity index is 0.000000318. The van der Waals surface area contributed by atoms with Crippen molar-refractivity contribution in [1.29, 1.82) is 0 Å². The summed E-state index contributed by atoms with van der Waals surface area (Å²) in [6.07, 6.45) is 13.3. The number of benzene rings is 3. The zero-order valence-electron chi connectivity index (χ0n) is 20.2. The molecule has 0 unspecified atom stereocenters. The molecule has 0 N–H and O–H groups in total. The lowest BCUT2D eigenvalue weighted by Gasteiger charge is -2.06. The van der Waals surface area contributed by atoms with Gasteiger partial charge < -0.3 is 0 Å². The first kappa shape index (κ1) is 23.5. The van der Waals surface area contributed by atoms with Gasteiger partial charge in [-0.2, -0.15) is 0 Å². The van der Waals surface area contributed by atoms with Crippen LogP contribution in [0.15, 0.2) is 72.8 Å². The van der Waals surface area contributed by atoms with Crippen molar-refractivity contribution in [2.24, 2.45) is 5.92 Å². The average molecular weight is 439 g/mol. The first-order chi connectivity index (χ1) is 16.2. The molecule has 2 aliphatic carbocycles. The van der Waals surface area contributed by atoms with Gasteiger partial charge in [0.05, 0.1) is 0 Å². The number of rotatable bonds is 10. The molecular weight excluding hydrogens is 400 g/mol. The molecule has 0 spiro atoms. The molecule has 172 valence electrons. The van der Waals surface area contributed by atoms with Gasteiger partial charge in [-0.25, -0.2) is 0 Å². The van der Waals surface area contributed by atoms with Crippen LogP contribution in [-0.2, 0) is 24.1 Å². The minimum atomic E-state index is 0.458. The van der Waals surface area contributed by atoms with E-state index in [1.165, 1.54) is 78.3 Å². The summed E-state index contributed by atoms with van der Waals surface area (Å²) in [7, 11) is 0. The van der Waals surface area contributed by atoms with E-state index in [-0.39, 0.29) is 0 Å². The summed E-state index contributed by atoms with van der Waals surface area (Å²) in [5, 5.41) is 0. The van der Waals surface area contributed by atoms with Crippen molar-refractivity contribution < 1.29 is 4.79 Å². The Labute approximate surface area is 200 Å². The van der Waals surface area contributed by atoms with Gasteiger partial charge in [0.15, 0.2) is 0 Å². The van der Waals surface area contributed by atoms with Crippen LogP contribution < -0.4 is 0 Å². The zero-order chi connectivity index (χ0) is 22.9. The molecule has 0 aliphatic heterocycles. The smallest absolute Gasteiger partial charge is 0.135 e. The van der Waals surface area contributed by atoms with Crippen LogP contribution in [0.5, 0.6) is 0 Å². The van der Waals surface area contributed by atoms with Crippen molar-refractivity contribution in [3.05, 3.63) is 95.1 Å². The van der Waals surface area contributed by atoms with Crippen molar-refractivity contribution in [2.45, 2.75) is 77.6 Å². The first-order valence-electron chi connectivity index (χ1n) is 13.0. The second-order valence-corrected chi connectivity index (χ2v) is 9.67. The van der Waals surface area contributed by atoms with E-state index < -0.39 is 0 Å². The molecule has 3 aromatic carbocycles. The van der Waals surface area contributed by atoms with E-state index in [1.54, 1.807) is 0 Å². The number of carbonyl (C=O) groups excluding carboxylic acids is 1. The second kappa shape index (κ2) is 12.0. The standard InChI is InChI=1S/C26H28.C6H10O/c1(2-5-11-21-12-7-4-8-13-21)3-6-14-22-17-18-26-24(19-22)20-23-15-9-10-16-25(23)26;1-2-6(7)5-3-4-5/h4,7-10,12-13,15-19H,1-3,5-6,11,14,20H2;5H,2-4H2,1H3. The van der Waals surface area contributed by atoms with Crippen LogP contribution in [0, 0.1) is 5.92 Å². The molecule has 1 heteroatoms. The molecule has 0 amide bonds. The molecule has 0 atom stereocenters. The summed E-state index contributed by atoms with van der Waals surface area (Å²) in [4.78, 5) is 10.6. The molecule has 0 saturated heterocycles. The van der Waals surface area contributed by atoms with Gasteiger partial charge in [0.2, 0.25) is 0 Å². The van der Waals surface area contributed by atoms with E-state index in [9.17, 15) is 4.79 Å². The highest BCUT2D eigenvalue weighted by molar-refractivity contribution is 5.82. The Kier molecular flexibility index (Phi) is 8.53. The van der Waals surface area contributed by atoms with Gasteiger partial charge in [0, 0.05) is 12.3 Å². The van der Waals surface area contributed by atoms with Crippen molar-refractivity contribution in [1.82, 2.24) is 0 Å². The summed E-state index contributed by atoms with van der Waals surface area (Å²) in [6.45, 7) is 1.93. The van der Waals surface area contributed by atoms with Gasteiger partial charge in [-0.15, -0.1) is 0 Å². The minimum absolute atomic E-state index is 0.458. The number of unbranched alkanes of at least 4 members (excludes halogenated alkanes) is 4. The average Bonchev–Trinajstić information content (AvgIpc) is 3.64. The van der Waals surface area contributed by atoms with Gasteiger partial charge in [-0.05, 0) is 78.3 Å². The number of ketones is 1. The van der Waals surface area contributed by atoms with Crippen LogP contribution in [0.1, 0.15) is 80.5 Å². The molecule has 33 heavy (non-hydrogen) atoms. The maximum Gasteiger partial charge on any atom is 0.135 e. The van der Waals surface area contributed by atoms with E-state index in [0.717, 1.165) is 25.7 Å². The fourth-order valence-electron chi connectivity index (χ4n) is 4.88. The van der Waals surface area contributed by atoms with Crippen LogP contribution in [0.4, 0.5) is 0 Å². The summed E-state index contributed by atoms with van der Waals surface area (Å²) < 4.78 is 0. The topological polar surface area (TPSA) is 17.1 Å².